The molecule has 0 saturated heterocycles. The second-order valence-electron chi connectivity index (χ2n) is 4.97. The summed E-state index contributed by atoms with van der Waals surface area (Å²) in [6.07, 6.45) is 1.37. The van der Waals surface area contributed by atoms with Gasteiger partial charge in [-0.3, -0.25) is 0 Å². The molecule has 0 aliphatic heterocycles. The average molecular weight is 281 g/mol. The Morgan fingerprint density at radius 3 is 2.45 bits per heavy atom. The molecule has 1 aromatic carbocycles. The van der Waals surface area contributed by atoms with Crippen molar-refractivity contribution in [1.29, 1.82) is 0 Å². The molecule has 0 heterocycles. The Hall–Kier alpha value is -1.26. The minimum Gasteiger partial charge on any atom is -0.497 e. The standard InChI is InChI=1S/C16H27NO3/c1-5-16(18,6-2)12-20-15-9-8-14(19-4)10-13(15)11-17-7-3/h8-10,17-18H,5-7,11-12H2,1-4H3. The molecule has 0 aliphatic rings. The minimum atomic E-state index is -0.755. The molecule has 0 aromatic heterocycles. The molecule has 0 bridgehead atoms. The van der Waals surface area contributed by atoms with Crippen LogP contribution in [0.3, 0.4) is 0 Å². The van der Waals surface area contributed by atoms with Crippen molar-refractivity contribution < 1.29 is 14.6 Å². The second kappa shape index (κ2) is 8.12. The fourth-order valence-electron chi connectivity index (χ4n) is 1.89. The van der Waals surface area contributed by atoms with Crippen LogP contribution in [0, 0.1) is 0 Å². The highest BCUT2D eigenvalue weighted by Gasteiger charge is 2.23. The first-order valence-corrected chi connectivity index (χ1v) is 7.31. The van der Waals surface area contributed by atoms with Gasteiger partial charge in [-0.2, -0.15) is 0 Å². The molecule has 0 atom stereocenters. The molecule has 1 rings (SSSR count). The fourth-order valence-corrected chi connectivity index (χ4v) is 1.89. The van der Waals surface area contributed by atoms with E-state index in [0.717, 1.165) is 30.2 Å². The van der Waals surface area contributed by atoms with E-state index in [4.69, 9.17) is 9.47 Å². The zero-order valence-corrected chi connectivity index (χ0v) is 13.0. The Labute approximate surface area is 122 Å². The minimum absolute atomic E-state index is 0.311. The first-order valence-electron chi connectivity index (χ1n) is 7.31. The molecule has 1 aromatic rings. The van der Waals surface area contributed by atoms with Gasteiger partial charge in [-0.1, -0.05) is 20.8 Å². The van der Waals surface area contributed by atoms with Crippen LogP contribution in [0.25, 0.3) is 0 Å². The van der Waals surface area contributed by atoms with Crippen LogP contribution in [0.1, 0.15) is 39.2 Å². The quantitative estimate of drug-likeness (QED) is 0.731. The van der Waals surface area contributed by atoms with Gasteiger partial charge in [0.25, 0.3) is 0 Å². The third-order valence-electron chi connectivity index (χ3n) is 3.65. The van der Waals surface area contributed by atoms with Crippen LogP contribution in [0.4, 0.5) is 0 Å². The molecule has 4 nitrogen and oxygen atoms in total. The molecule has 20 heavy (non-hydrogen) atoms. The molecule has 0 amide bonds. The van der Waals surface area contributed by atoms with Crippen LogP contribution < -0.4 is 14.8 Å². The zero-order chi connectivity index (χ0) is 15.0. The van der Waals surface area contributed by atoms with E-state index in [-0.39, 0.29) is 0 Å². The molecular weight excluding hydrogens is 254 g/mol. The Morgan fingerprint density at radius 1 is 1.20 bits per heavy atom. The summed E-state index contributed by atoms with van der Waals surface area (Å²) in [5.41, 5.74) is 0.288. The van der Waals surface area contributed by atoms with Crippen molar-refractivity contribution >= 4 is 0 Å². The molecule has 0 unspecified atom stereocenters. The van der Waals surface area contributed by atoms with Crippen molar-refractivity contribution in [3.05, 3.63) is 23.8 Å². The highest BCUT2D eigenvalue weighted by molar-refractivity contribution is 5.40. The number of benzene rings is 1. The summed E-state index contributed by atoms with van der Waals surface area (Å²) in [6, 6.07) is 5.74. The van der Waals surface area contributed by atoms with Gasteiger partial charge < -0.3 is 19.9 Å². The molecule has 0 radical (unpaired) electrons. The third-order valence-corrected chi connectivity index (χ3v) is 3.65. The van der Waals surface area contributed by atoms with Crippen LogP contribution in [0.15, 0.2) is 18.2 Å². The molecule has 0 aliphatic carbocycles. The highest BCUT2D eigenvalue weighted by atomic mass is 16.5. The van der Waals surface area contributed by atoms with Gasteiger partial charge in [0.05, 0.1) is 12.7 Å². The van der Waals surface area contributed by atoms with Crippen molar-refractivity contribution in [3.63, 3.8) is 0 Å². The van der Waals surface area contributed by atoms with Crippen molar-refractivity contribution in [2.24, 2.45) is 0 Å². The summed E-state index contributed by atoms with van der Waals surface area (Å²) in [5, 5.41) is 13.6. The smallest absolute Gasteiger partial charge is 0.124 e. The Morgan fingerprint density at radius 2 is 1.90 bits per heavy atom. The molecule has 0 saturated carbocycles. The topological polar surface area (TPSA) is 50.7 Å². The summed E-state index contributed by atoms with van der Waals surface area (Å²) >= 11 is 0. The van der Waals surface area contributed by atoms with Gasteiger partial charge >= 0.3 is 0 Å². The Balaban J connectivity index is 2.82. The van der Waals surface area contributed by atoms with Crippen molar-refractivity contribution in [2.75, 3.05) is 20.3 Å². The maximum atomic E-state index is 10.3. The summed E-state index contributed by atoms with van der Waals surface area (Å²) < 4.78 is 11.1. The van der Waals surface area contributed by atoms with Crippen LogP contribution in [0.5, 0.6) is 11.5 Å². The largest absolute Gasteiger partial charge is 0.497 e. The Bertz CT molecular complexity index is 403. The monoisotopic (exact) mass is 281 g/mol. The second-order valence-corrected chi connectivity index (χ2v) is 4.97. The van der Waals surface area contributed by atoms with Gasteiger partial charge in [0.2, 0.25) is 0 Å². The van der Waals surface area contributed by atoms with Gasteiger partial charge in [0.15, 0.2) is 0 Å². The van der Waals surface area contributed by atoms with Crippen molar-refractivity contribution in [2.45, 2.75) is 45.8 Å². The van der Waals surface area contributed by atoms with Gasteiger partial charge in [-0.25, -0.2) is 0 Å². The molecule has 4 heteroatoms. The number of methoxy groups -OCH3 is 1. The first-order chi connectivity index (χ1) is 9.58. The summed E-state index contributed by atoms with van der Waals surface area (Å²) in [5.74, 6) is 1.61. The number of hydrogen-bond acceptors (Lipinski definition) is 4. The van der Waals surface area contributed by atoms with Crippen molar-refractivity contribution in [1.82, 2.24) is 5.32 Å². The van der Waals surface area contributed by atoms with Gasteiger partial charge in [0.1, 0.15) is 18.1 Å². The maximum absolute atomic E-state index is 10.3. The SMILES string of the molecule is CCNCc1cc(OC)ccc1OCC(O)(CC)CC. The van der Waals surface area contributed by atoms with Gasteiger partial charge in [0, 0.05) is 12.1 Å². The van der Waals surface area contributed by atoms with Gasteiger partial charge in [-0.15, -0.1) is 0 Å². The van der Waals surface area contributed by atoms with E-state index in [9.17, 15) is 5.11 Å². The van der Waals surface area contributed by atoms with Crippen LogP contribution in [0.2, 0.25) is 0 Å². The van der Waals surface area contributed by atoms with E-state index >= 15 is 0 Å². The maximum Gasteiger partial charge on any atom is 0.124 e. The molecule has 114 valence electrons. The van der Waals surface area contributed by atoms with E-state index < -0.39 is 5.60 Å². The fraction of sp³-hybridized carbons (Fsp3) is 0.625. The molecular formula is C16H27NO3. The van der Waals surface area contributed by atoms with Crippen LogP contribution >= 0.6 is 0 Å². The van der Waals surface area contributed by atoms with E-state index in [2.05, 4.69) is 12.2 Å². The summed E-state index contributed by atoms with van der Waals surface area (Å²) in [7, 11) is 1.65. The zero-order valence-electron chi connectivity index (χ0n) is 13.0. The predicted octanol–water partition coefficient (Wildman–Crippen LogP) is 2.73. The predicted molar refractivity (Wildman–Crippen MR) is 81.4 cm³/mol. The van der Waals surface area contributed by atoms with E-state index in [1.807, 2.05) is 32.0 Å². The molecule has 0 fully saturated rings. The number of rotatable bonds is 9. The van der Waals surface area contributed by atoms with Gasteiger partial charge in [-0.05, 0) is 37.6 Å². The lowest BCUT2D eigenvalue weighted by Gasteiger charge is -2.26. The summed E-state index contributed by atoms with van der Waals surface area (Å²) in [6.45, 7) is 7.93. The third kappa shape index (κ3) is 4.69. The lowest BCUT2D eigenvalue weighted by molar-refractivity contribution is -0.0116. The van der Waals surface area contributed by atoms with Crippen LogP contribution in [-0.2, 0) is 6.54 Å². The Kier molecular flexibility index (Phi) is 6.82. The lowest BCUT2D eigenvalue weighted by Crippen LogP contribution is -2.34. The highest BCUT2D eigenvalue weighted by Crippen LogP contribution is 2.26. The number of ether oxygens (including phenoxy) is 2. The van der Waals surface area contributed by atoms with E-state index in [1.165, 1.54) is 0 Å². The average Bonchev–Trinajstić information content (AvgIpc) is 2.50. The lowest BCUT2D eigenvalue weighted by atomic mass is 9.99. The number of nitrogens with one attached hydrogen (secondary N) is 1. The van der Waals surface area contributed by atoms with E-state index in [1.54, 1.807) is 7.11 Å². The molecule has 2 N–H and O–H groups in total. The number of aliphatic hydroxyl groups is 1. The first kappa shape index (κ1) is 16.8. The van der Waals surface area contributed by atoms with Crippen LogP contribution in [-0.4, -0.2) is 31.0 Å². The number of hydrogen-bond donors (Lipinski definition) is 2. The van der Waals surface area contributed by atoms with E-state index in [0.29, 0.717) is 19.4 Å². The van der Waals surface area contributed by atoms with Crippen molar-refractivity contribution in [3.8, 4) is 11.5 Å². The molecule has 0 spiro atoms. The normalized spacial score (nSPS) is 11.4. The summed E-state index contributed by atoms with van der Waals surface area (Å²) in [4.78, 5) is 0.